The lowest BCUT2D eigenvalue weighted by Gasteiger charge is -2.39. The number of nitriles is 1. The van der Waals surface area contributed by atoms with E-state index in [2.05, 4.69) is 32.9 Å². The smallest absolute Gasteiger partial charge is 0.351 e. The summed E-state index contributed by atoms with van der Waals surface area (Å²) in [4.78, 5) is 54.0. The zero-order valence-corrected chi connectivity index (χ0v) is 40.8. The maximum Gasteiger partial charge on any atom is 0.351 e. The Morgan fingerprint density at radius 2 is 1.44 bits per heavy atom. The van der Waals surface area contributed by atoms with E-state index in [-0.39, 0.29) is 62.7 Å². The van der Waals surface area contributed by atoms with Crippen LogP contribution in [0.1, 0.15) is 89.8 Å². The van der Waals surface area contributed by atoms with Crippen LogP contribution in [0.3, 0.4) is 0 Å². The molecule has 0 bridgehead atoms. The third-order valence-corrected chi connectivity index (χ3v) is 12.8. The van der Waals surface area contributed by atoms with E-state index in [0.29, 0.717) is 11.5 Å². The van der Waals surface area contributed by atoms with Crippen molar-refractivity contribution in [2.45, 2.75) is 97.4 Å². The second-order valence-electron chi connectivity index (χ2n) is 16.3. The molecule has 1 saturated heterocycles. The summed E-state index contributed by atoms with van der Waals surface area (Å²) >= 11 is 0. The summed E-state index contributed by atoms with van der Waals surface area (Å²) in [5.41, 5.74) is 0.520. The number of rotatable bonds is 22. The number of carbonyl (C=O) groups is 3. The van der Waals surface area contributed by atoms with Gasteiger partial charge in [0.2, 0.25) is 5.91 Å². The van der Waals surface area contributed by atoms with Gasteiger partial charge >= 0.3 is 17.6 Å². The minimum Gasteiger partial charge on any atom is -0.497 e. The van der Waals surface area contributed by atoms with E-state index in [1.54, 1.807) is 14.2 Å². The Bertz CT molecular complexity index is 2390. The quantitative estimate of drug-likeness (QED) is 0.0271. The van der Waals surface area contributed by atoms with Gasteiger partial charge < -0.3 is 42.8 Å². The largest absolute Gasteiger partial charge is 0.497 e. The molecule has 1 aliphatic rings. The van der Waals surface area contributed by atoms with E-state index in [4.69, 9.17) is 37.5 Å². The van der Waals surface area contributed by atoms with Gasteiger partial charge in [-0.2, -0.15) is 10.2 Å². The van der Waals surface area contributed by atoms with E-state index in [1.165, 1.54) is 31.5 Å². The van der Waals surface area contributed by atoms with Gasteiger partial charge in [-0.15, -0.1) is 0 Å². The van der Waals surface area contributed by atoms with Crippen molar-refractivity contribution in [3.8, 4) is 29.4 Å². The van der Waals surface area contributed by atoms with E-state index in [1.807, 2.05) is 107 Å². The van der Waals surface area contributed by atoms with Gasteiger partial charge in [-0.3, -0.25) is 19.0 Å². The van der Waals surface area contributed by atoms with Crippen LogP contribution in [0.2, 0.25) is 0 Å². The number of hydrogen-bond acceptors (Lipinski definition) is 15. The van der Waals surface area contributed by atoms with Gasteiger partial charge in [-0.05, 0) is 68.7 Å². The van der Waals surface area contributed by atoms with Crippen molar-refractivity contribution >= 4 is 32.2 Å². The number of esters is 2. The van der Waals surface area contributed by atoms with Gasteiger partial charge in [0, 0.05) is 45.5 Å². The molecule has 4 atom stereocenters. The second-order valence-corrected chi connectivity index (χ2v) is 17.7. The maximum atomic E-state index is 14.0. The zero-order valence-electron chi connectivity index (χ0n) is 39.9. The molecule has 5 rings (SSSR count). The third kappa shape index (κ3) is 14.0. The number of amides is 1. The number of aromatic nitrogens is 2. The number of methoxy groups -OCH3 is 2. The predicted molar refractivity (Wildman–Crippen MR) is 253 cm³/mol. The fourth-order valence-electron chi connectivity index (χ4n) is 7.60. The van der Waals surface area contributed by atoms with Gasteiger partial charge in [0.1, 0.15) is 42.6 Å². The number of anilines is 1. The number of benzene rings is 3. The van der Waals surface area contributed by atoms with Crippen LogP contribution < -0.4 is 20.5 Å². The van der Waals surface area contributed by atoms with Crippen LogP contribution in [-0.2, 0) is 48.0 Å². The molecule has 0 radical (unpaired) electrons. The highest BCUT2D eigenvalue weighted by Crippen LogP contribution is 2.51. The van der Waals surface area contributed by atoms with Crippen molar-refractivity contribution in [1.82, 2.24) is 14.2 Å². The summed E-state index contributed by atoms with van der Waals surface area (Å²) in [5.74, 6) is 4.72. The Hall–Kier alpha value is -6.17. The summed E-state index contributed by atoms with van der Waals surface area (Å²) in [6, 6.07) is 27.1. The fraction of sp³-hybridized carbons (Fsp3) is 0.440. The Morgan fingerprint density at radius 3 is 1.94 bits per heavy atom. The first-order valence-corrected chi connectivity index (χ1v) is 23.3. The van der Waals surface area contributed by atoms with Crippen LogP contribution in [-0.4, -0.2) is 97.0 Å². The van der Waals surface area contributed by atoms with Crippen molar-refractivity contribution in [1.29, 1.82) is 5.26 Å². The standard InChI is InChI=1S/C50H60N5O12P/c1-33(2)55(34(3)4)68(65-27-13-26-51)67-45-28-47(54-29-39(48(52-35(5)56)53-49(54)59)17-16-38(30-62-36(6)57)31-63-37(7)58)66-46(45)32-64-50(40-14-11-10-12-15-40,41-18-22-43(60-8)23-19-41)42-20-24-44(61-9)25-21-42/h10-12,14-15,18-25,29,33-34,38,45-47H,13,27-28,30-32H2,1-9H3,(H,52,53,56,59)/t45?,46-,47-,68?/m1/s1. The molecular formula is C50H60N5O12P. The lowest BCUT2D eigenvalue weighted by atomic mass is 9.80. The molecule has 1 aromatic heterocycles. The Morgan fingerprint density at radius 1 is 0.882 bits per heavy atom. The summed E-state index contributed by atoms with van der Waals surface area (Å²) in [7, 11) is 1.40. The summed E-state index contributed by atoms with van der Waals surface area (Å²) in [6.45, 7) is 11.6. The lowest BCUT2D eigenvalue weighted by Crippen LogP contribution is -2.39. The van der Waals surface area contributed by atoms with Crippen molar-refractivity contribution < 1.29 is 51.9 Å². The first kappa shape index (κ1) is 52.8. The highest BCUT2D eigenvalue weighted by molar-refractivity contribution is 7.44. The van der Waals surface area contributed by atoms with E-state index in [9.17, 15) is 24.4 Å². The Labute approximate surface area is 398 Å². The zero-order chi connectivity index (χ0) is 49.4. The fourth-order valence-corrected chi connectivity index (χ4v) is 9.36. The number of nitrogens with zero attached hydrogens (tertiary/aromatic N) is 4. The molecule has 3 aromatic carbocycles. The highest BCUT2D eigenvalue weighted by atomic mass is 31.2. The number of carbonyl (C=O) groups excluding carboxylic acids is 3. The first-order valence-electron chi connectivity index (χ1n) is 22.2. The molecule has 17 nitrogen and oxygen atoms in total. The van der Waals surface area contributed by atoms with Crippen molar-refractivity contribution in [3.05, 3.63) is 118 Å². The molecule has 2 heterocycles. The van der Waals surface area contributed by atoms with Crippen LogP contribution in [0.15, 0.2) is 89.9 Å². The van der Waals surface area contributed by atoms with Gasteiger partial charge in [0.25, 0.3) is 8.53 Å². The molecule has 1 fully saturated rings. The molecular weight excluding hydrogens is 894 g/mol. The van der Waals surface area contributed by atoms with Crippen molar-refractivity contribution in [2.75, 3.05) is 46.0 Å². The molecule has 68 heavy (non-hydrogen) atoms. The summed E-state index contributed by atoms with van der Waals surface area (Å²) in [5, 5.41) is 12.0. The van der Waals surface area contributed by atoms with Crippen LogP contribution >= 0.6 is 8.53 Å². The molecule has 18 heteroatoms. The molecule has 0 aliphatic carbocycles. The average Bonchev–Trinajstić information content (AvgIpc) is 3.71. The SMILES string of the molecule is COc1ccc(C(OC[C@H]2O[C@@H](n3cc(C#CC(COC(C)=O)COC(C)=O)c(NC(C)=O)nc3=O)CC2OP(OCCC#N)N(C(C)C)C(C)C)(c2ccccc2)c2ccc(OC)cc2)cc1. The maximum absolute atomic E-state index is 14.0. The van der Waals surface area contributed by atoms with Crippen LogP contribution in [0, 0.1) is 29.1 Å². The highest BCUT2D eigenvalue weighted by Gasteiger charge is 2.45. The van der Waals surface area contributed by atoms with Crippen molar-refractivity contribution in [3.63, 3.8) is 0 Å². The number of ether oxygens (including phenoxy) is 6. The molecule has 1 amide bonds. The molecule has 2 unspecified atom stereocenters. The van der Waals surface area contributed by atoms with E-state index < -0.39 is 62.0 Å². The Kier molecular flexibility index (Phi) is 19.6. The molecule has 4 aromatic rings. The molecule has 0 saturated carbocycles. The molecule has 362 valence electrons. The molecule has 1 N–H and O–H groups in total. The van der Waals surface area contributed by atoms with Gasteiger partial charge in [0.15, 0.2) is 5.82 Å². The summed E-state index contributed by atoms with van der Waals surface area (Å²) in [6.07, 6.45) is -0.941. The second kappa shape index (κ2) is 25.3. The number of hydrogen-bond donors (Lipinski definition) is 1. The van der Waals surface area contributed by atoms with E-state index >= 15 is 0 Å². The molecule has 0 spiro atoms. The van der Waals surface area contributed by atoms with Gasteiger partial charge in [-0.1, -0.05) is 66.4 Å². The number of nitrogens with one attached hydrogen (secondary N) is 1. The first-order chi connectivity index (χ1) is 32.6. The summed E-state index contributed by atoms with van der Waals surface area (Å²) < 4.78 is 52.3. The van der Waals surface area contributed by atoms with Gasteiger partial charge in [0.05, 0.1) is 57.5 Å². The minimum absolute atomic E-state index is 0.0216. The lowest BCUT2D eigenvalue weighted by molar-refractivity contribution is -0.145. The van der Waals surface area contributed by atoms with Crippen LogP contribution in [0.25, 0.3) is 0 Å². The topological polar surface area (TPSA) is 199 Å². The monoisotopic (exact) mass is 953 g/mol. The van der Waals surface area contributed by atoms with Gasteiger partial charge in [-0.25, -0.2) is 9.46 Å². The van der Waals surface area contributed by atoms with Crippen LogP contribution in [0.4, 0.5) is 5.82 Å². The van der Waals surface area contributed by atoms with E-state index in [0.717, 1.165) is 16.7 Å². The predicted octanol–water partition coefficient (Wildman–Crippen LogP) is 7.27. The average molecular weight is 954 g/mol. The third-order valence-electron chi connectivity index (χ3n) is 10.6. The van der Waals surface area contributed by atoms with Crippen molar-refractivity contribution in [2.24, 2.45) is 5.92 Å². The molecule has 1 aliphatic heterocycles. The Balaban J connectivity index is 1.65. The normalized spacial score (nSPS) is 16.2. The minimum atomic E-state index is -1.81. The van der Waals surface area contributed by atoms with Crippen LogP contribution in [0.5, 0.6) is 11.5 Å².